The third kappa shape index (κ3) is 7.73. The lowest BCUT2D eigenvalue weighted by atomic mass is 9.98. The van der Waals surface area contributed by atoms with Gasteiger partial charge in [0.1, 0.15) is 23.9 Å². The molecular weight excluding hydrogens is 446 g/mol. The van der Waals surface area contributed by atoms with Crippen molar-refractivity contribution in [1.29, 1.82) is 0 Å². The van der Waals surface area contributed by atoms with Crippen molar-refractivity contribution >= 4 is 5.97 Å². The number of benzene rings is 3. The molecule has 0 amide bonds. The molecule has 7 heteroatoms. The van der Waals surface area contributed by atoms with E-state index in [0.29, 0.717) is 26.2 Å². The molecule has 0 aliphatic carbocycles. The first-order chi connectivity index (χ1) is 17.0. The van der Waals surface area contributed by atoms with Crippen LogP contribution >= 0.6 is 0 Å². The average Bonchev–Trinajstić information content (AvgIpc) is 2.89. The molecule has 0 aromatic heterocycles. The third-order valence-electron chi connectivity index (χ3n) is 5.61. The zero-order valence-corrected chi connectivity index (χ0v) is 20.4. The summed E-state index contributed by atoms with van der Waals surface area (Å²) in [5.41, 5.74) is 3.11. The fourth-order valence-electron chi connectivity index (χ4n) is 3.75. The van der Waals surface area contributed by atoms with Crippen molar-refractivity contribution in [2.45, 2.75) is 25.5 Å². The largest absolute Gasteiger partial charge is 0.497 e. The van der Waals surface area contributed by atoms with Gasteiger partial charge in [-0.2, -0.15) is 0 Å². The molecule has 2 N–H and O–H groups in total. The van der Waals surface area contributed by atoms with Gasteiger partial charge in [0.05, 0.1) is 20.3 Å². The Hall–Kier alpha value is -3.55. The van der Waals surface area contributed by atoms with Crippen molar-refractivity contribution in [3.63, 3.8) is 0 Å². The highest BCUT2D eigenvalue weighted by Gasteiger charge is 2.18. The highest BCUT2D eigenvalue weighted by atomic mass is 16.5. The SMILES string of the molecule is CCO[C@@H](Cc1ccc(OCCNC(c2ccc(OC)cc2)c2ccc(OC)cc2)cc1)C(=O)O. The summed E-state index contributed by atoms with van der Waals surface area (Å²) in [6, 6.07) is 23.4. The Bertz CT molecular complexity index is 987. The minimum absolute atomic E-state index is 0.0238. The quantitative estimate of drug-likeness (QED) is 0.329. The van der Waals surface area contributed by atoms with Gasteiger partial charge >= 0.3 is 5.97 Å². The lowest BCUT2D eigenvalue weighted by Crippen LogP contribution is -2.27. The molecule has 3 aromatic carbocycles. The molecule has 0 heterocycles. The smallest absolute Gasteiger partial charge is 0.333 e. The highest BCUT2D eigenvalue weighted by Crippen LogP contribution is 2.26. The number of hydrogen-bond acceptors (Lipinski definition) is 6. The predicted octanol–water partition coefficient (Wildman–Crippen LogP) is 4.49. The van der Waals surface area contributed by atoms with E-state index in [0.717, 1.165) is 33.9 Å². The van der Waals surface area contributed by atoms with Crippen LogP contribution in [0.4, 0.5) is 0 Å². The summed E-state index contributed by atoms with van der Waals surface area (Å²) >= 11 is 0. The molecule has 1 atom stereocenters. The number of hydrogen-bond donors (Lipinski definition) is 2. The van der Waals surface area contributed by atoms with Crippen LogP contribution < -0.4 is 19.5 Å². The van der Waals surface area contributed by atoms with E-state index in [1.807, 2.05) is 72.8 Å². The first-order valence-corrected chi connectivity index (χ1v) is 11.6. The fourth-order valence-corrected chi connectivity index (χ4v) is 3.75. The van der Waals surface area contributed by atoms with Crippen molar-refractivity contribution in [3.8, 4) is 17.2 Å². The van der Waals surface area contributed by atoms with Gasteiger partial charge in [-0.15, -0.1) is 0 Å². The fraction of sp³-hybridized carbons (Fsp3) is 0.321. The van der Waals surface area contributed by atoms with Gasteiger partial charge in [0.15, 0.2) is 6.10 Å². The maximum Gasteiger partial charge on any atom is 0.333 e. The standard InChI is InChI=1S/C28H33NO6/c1-4-34-26(28(30)31)19-20-5-11-25(12-6-20)35-18-17-29-27(21-7-13-23(32-2)14-8-21)22-9-15-24(33-3)16-10-22/h5-16,26-27,29H,4,17-19H2,1-3H3,(H,30,31)/t26-/m0/s1. The summed E-state index contributed by atoms with van der Waals surface area (Å²) < 4.78 is 21.8. The number of ether oxygens (including phenoxy) is 4. The van der Waals surface area contributed by atoms with E-state index in [9.17, 15) is 9.90 Å². The second kappa shape index (κ2) is 13.4. The number of carbonyl (C=O) groups is 1. The van der Waals surface area contributed by atoms with E-state index in [4.69, 9.17) is 18.9 Å². The molecule has 0 bridgehead atoms. The highest BCUT2D eigenvalue weighted by molar-refractivity contribution is 5.72. The zero-order valence-electron chi connectivity index (χ0n) is 20.4. The van der Waals surface area contributed by atoms with Gasteiger partial charge in [0, 0.05) is 19.6 Å². The number of nitrogens with one attached hydrogen (secondary N) is 1. The monoisotopic (exact) mass is 479 g/mol. The van der Waals surface area contributed by atoms with Crippen LogP contribution in [0.25, 0.3) is 0 Å². The normalized spacial score (nSPS) is 11.8. The maximum absolute atomic E-state index is 11.3. The van der Waals surface area contributed by atoms with Crippen molar-refractivity contribution in [1.82, 2.24) is 5.32 Å². The van der Waals surface area contributed by atoms with Gasteiger partial charge in [0.25, 0.3) is 0 Å². The van der Waals surface area contributed by atoms with Gasteiger partial charge < -0.3 is 29.4 Å². The molecule has 7 nitrogen and oxygen atoms in total. The van der Waals surface area contributed by atoms with E-state index in [-0.39, 0.29) is 6.04 Å². The van der Waals surface area contributed by atoms with Crippen LogP contribution in [0.1, 0.15) is 29.7 Å². The maximum atomic E-state index is 11.3. The molecular formula is C28H33NO6. The van der Waals surface area contributed by atoms with E-state index in [2.05, 4.69) is 5.32 Å². The molecule has 0 aliphatic rings. The van der Waals surface area contributed by atoms with Crippen LogP contribution in [-0.2, 0) is 16.0 Å². The Morgan fingerprint density at radius 1 is 0.829 bits per heavy atom. The van der Waals surface area contributed by atoms with E-state index >= 15 is 0 Å². The molecule has 3 rings (SSSR count). The van der Waals surface area contributed by atoms with Gasteiger partial charge in [-0.3, -0.25) is 0 Å². The van der Waals surface area contributed by atoms with Gasteiger partial charge in [-0.25, -0.2) is 4.79 Å². The van der Waals surface area contributed by atoms with Crippen LogP contribution in [0.15, 0.2) is 72.8 Å². The van der Waals surface area contributed by atoms with Crippen molar-refractivity contribution < 1.29 is 28.8 Å². The number of methoxy groups -OCH3 is 2. The van der Waals surface area contributed by atoms with Gasteiger partial charge in [-0.1, -0.05) is 36.4 Å². The Balaban J connectivity index is 1.59. The lowest BCUT2D eigenvalue weighted by molar-refractivity contribution is -0.149. The molecule has 186 valence electrons. The molecule has 0 radical (unpaired) electrons. The van der Waals surface area contributed by atoms with Crippen LogP contribution in [0.2, 0.25) is 0 Å². The summed E-state index contributed by atoms with van der Waals surface area (Å²) in [5.74, 6) is 1.39. The van der Waals surface area contributed by atoms with Gasteiger partial charge in [-0.05, 0) is 60.0 Å². The van der Waals surface area contributed by atoms with Crippen molar-refractivity contribution in [2.75, 3.05) is 34.0 Å². The van der Waals surface area contributed by atoms with Crippen molar-refractivity contribution in [3.05, 3.63) is 89.5 Å². The number of carboxylic acid groups (broad SMARTS) is 1. The summed E-state index contributed by atoms with van der Waals surface area (Å²) in [6.45, 7) is 3.24. The van der Waals surface area contributed by atoms with Gasteiger partial charge in [0.2, 0.25) is 0 Å². The number of carboxylic acids is 1. The molecule has 0 spiro atoms. The Labute approximate surface area is 206 Å². The van der Waals surface area contributed by atoms with Crippen molar-refractivity contribution in [2.24, 2.45) is 0 Å². The zero-order chi connectivity index (χ0) is 25.0. The minimum atomic E-state index is -0.957. The van der Waals surface area contributed by atoms with Crippen LogP contribution in [-0.4, -0.2) is 51.2 Å². The van der Waals surface area contributed by atoms with E-state index < -0.39 is 12.1 Å². The molecule has 35 heavy (non-hydrogen) atoms. The third-order valence-corrected chi connectivity index (χ3v) is 5.61. The first-order valence-electron chi connectivity index (χ1n) is 11.6. The molecule has 0 saturated heterocycles. The second-order valence-corrected chi connectivity index (χ2v) is 7.91. The van der Waals surface area contributed by atoms with E-state index in [1.54, 1.807) is 21.1 Å². The Morgan fingerprint density at radius 2 is 1.34 bits per heavy atom. The Kier molecular flexibility index (Phi) is 9.95. The summed E-state index contributed by atoms with van der Waals surface area (Å²) in [5, 5.41) is 12.8. The number of rotatable bonds is 14. The molecule has 0 saturated carbocycles. The van der Waals surface area contributed by atoms with Crippen LogP contribution in [0.5, 0.6) is 17.2 Å². The average molecular weight is 480 g/mol. The Morgan fingerprint density at radius 3 is 1.80 bits per heavy atom. The van der Waals surface area contributed by atoms with E-state index in [1.165, 1.54) is 0 Å². The minimum Gasteiger partial charge on any atom is -0.497 e. The topological polar surface area (TPSA) is 86.3 Å². The lowest BCUT2D eigenvalue weighted by Gasteiger charge is -2.21. The molecule has 3 aromatic rings. The summed E-state index contributed by atoms with van der Waals surface area (Å²) in [7, 11) is 3.31. The molecule has 0 fully saturated rings. The predicted molar refractivity (Wildman–Crippen MR) is 135 cm³/mol. The molecule has 0 unspecified atom stereocenters. The molecule has 0 aliphatic heterocycles. The van der Waals surface area contributed by atoms with Crippen LogP contribution in [0, 0.1) is 0 Å². The first kappa shape index (κ1) is 26.1. The second-order valence-electron chi connectivity index (χ2n) is 7.91. The summed E-state index contributed by atoms with van der Waals surface area (Å²) in [4.78, 5) is 11.3. The van der Waals surface area contributed by atoms with Crippen LogP contribution in [0.3, 0.4) is 0 Å². The number of aliphatic carboxylic acids is 1. The summed E-state index contributed by atoms with van der Waals surface area (Å²) in [6.07, 6.45) is -0.528.